The van der Waals surface area contributed by atoms with E-state index in [9.17, 15) is 14.7 Å². The number of piperidine rings is 1. The van der Waals surface area contributed by atoms with Gasteiger partial charge in [-0.25, -0.2) is 9.78 Å². The molecule has 3 aliphatic rings. The molecule has 0 bridgehead atoms. The van der Waals surface area contributed by atoms with Crippen molar-refractivity contribution in [3.8, 4) is 17.5 Å². The van der Waals surface area contributed by atoms with Gasteiger partial charge < -0.3 is 19.9 Å². The highest BCUT2D eigenvalue weighted by atomic mass is 16.4. The second-order valence-corrected chi connectivity index (χ2v) is 10.3. The van der Waals surface area contributed by atoms with Crippen LogP contribution < -0.4 is 0 Å². The molecule has 1 aliphatic carbocycles. The minimum atomic E-state index is -0.920. The van der Waals surface area contributed by atoms with Gasteiger partial charge >= 0.3 is 6.09 Å². The Bertz CT molecular complexity index is 1390. The van der Waals surface area contributed by atoms with Crippen LogP contribution in [0.4, 0.5) is 4.79 Å². The summed E-state index contributed by atoms with van der Waals surface area (Å²) in [4.78, 5) is 36.5. The van der Waals surface area contributed by atoms with Crippen molar-refractivity contribution in [3.05, 3.63) is 76.1 Å². The van der Waals surface area contributed by atoms with Crippen LogP contribution in [-0.4, -0.2) is 56.5 Å². The first-order valence-electron chi connectivity index (χ1n) is 13.0. The number of benzene rings is 2. The average molecular weight is 496 g/mol. The summed E-state index contributed by atoms with van der Waals surface area (Å²) in [7, 11) is 0. The van der Waals surface area contributed by atoms with E-state index in [1.807, 2.05) is 41.3 Å². The van der Waals surface area contributed by atoms with E-state index in [1.165, 1.54) is 16.0 Å². The lowest BCUT2D eigenvalue weighted by atomic mass is 9.88. The Kier molecular flexibility index (Phi) is 5.91. The molecular formula is C29H29N5O3. The maximum atomic E-state index is 13.5. The number of nitrogens with one attached hydrogen (secondary N) is 1. The molecule has 2 aromatic carbocycles. The van der Waals surface area contributed by atoms with Crippen LogP contribution in [0.25, 0.3) is 11.4 Å². The molecule has 0 unspecified atom stereocenters. The van der Waals surface area contributed by atoms with Crippen molar-refractivity contribution in [2.24, 2.45) is 0 Å². The lowest BCUT2D eigenvalue weighted by Crippen LogP contribution is -2.38. The van der Waals surface area contributed by atoms with Crippen molar-refractivity contribution < 1.29 is 14.7 Å². The van der Waals surface area contributed by atoms with E-state index in [0.717, 1.165) is 48.5 Å². The third-order valence-electron chi connectivity index (χ3n) is 7.97. The Hall–Kier alpha value is -4.12. The molecule has 1 saturated carbocycles. The number of rotatable bonds is 4. The molecule has 2 aliphatic heterocycles. The Morgan fingerprint density at radius 1 is 0.973 bits per heavy atom. The molecule has 188 valence electrons. The van der Waals surface area contributed by atoms with Crippen molar-refractivity contribution >= 4 is 12.0 Å². The molecule has 2 fully saturated rings. The van der Waals surface area contributed by atoms with E-state index in [0.29, 0.717) is 55.6 Å². The maximum absolute atomic E-state index is 13.5. The summed E-state index contributed by atoms with van der Waals surface area (Å²) >= 11 is 0. The van der Waals surface area contributed by atoms with Crippen molar-refractivity contribution in [1.29, 1.82) is 5.26 Å². The van der Waals surface area contributed by atoms with Gasteiger partial charge in [0.05, 0.1) is 29.6 Å². The second-order valence-electron chi connectivity index (χ2n) is 10.3. The van der Waals surface area contributed by atoms with Crippen molar-refractivity contribution in [1.82, 2.24) is 19.8 Å². The van der Waals surface area contributed by atoms with Gasteiger partial charge in [-0.2, -0.15) is 5.26 Å². The van der Waals surface area contributed by atoms with Gasteiger partial charge in [-0.05, 0) is 72.9 Å². The number of hydrogen-bond donors (Lipinski definition) is 2. The van der Waals surface area contributed by atoms with E-state index in [4.69, 9.17) is 10.2 Å². The number of amides is 2. The third kappa shape index (κ3) is 4.57. The van der Waals surface area contributed by atoms with Crippen LogP contribution in [0.3, 0.4) is 0 Å². The Balaban J connectivity index is 1.21. The molecule has 3 heterocycles. The summed E-state index contributed by atoms with van der Waals surface area (Å²) in [6, 6.07) is 15.9. The Morgan fingerprint density at radius 2 is 1.73 bits per heavy atom. The molecule has 1 aromatic heterocycles. The number of aromatic amines is 1. The fourth-order valence-electron chi connectivity index (χ4n) is 5.66. The highest BCUT2D eigenvalue weighted by molar-refractivity contribution is 5.95. The van der Waals surface area contributed by atoms with Crippen molar-refractivity contribution in [3.63, 3.8) is 0 Å². The number of hydrogen-bond acceptors (Lipinski definition) is 4. The van der Waals surface area contributed by atoms with E-state index < -0.39 is 6.09 Å². The molecule has 3 aromatic rings. The van der Waals surface area contributed by atoms with E-state index in [-0.39, 0.29) is 5.91 Å². The molecule has 0 radical (unpaired) electrons. The lowest BCUT2D eigenvalue weighted by molar-refractivity contribution is 0.0713. The number of nitriles is 1. The molecule has 6 rings (SSSR count). The van der Waals surface area contributed by atoms with Crippen LogP contribution in [0.2, 0.25) is 0 Å². The summed E-state index contributed by atoms with van der Waals surface area (Å²) in [5.41, 5.74) is 6.47. The summed E-state index contributed by atoms with van der Waals surface area (Å²) in [6.07, 6.45) is 3.73. The molecular weight excluding hydrogens is 466 g/mol. The Labute approximate surface area is 215 Å². The van der Waals surface area contributed by atoms with Gasteiger partial charge in [-0.1, -0.05) is 18.2 Å². The van der Waals surface area contributed by atoms with E-state index in [2.05, 4.69) is 17.1 Å². The number of imidazole rings is 1. The number of nitrogens with zero attached hydrogens (tertiary/aromatic N) is 4. The quantitative estimate of drug-likeness (QED) is 0.535. The van der Waals surface area contributed by atoms with Gasteiger partial charge in [-0.3, -0.25) is 4.79 Å². The smallest absolute Gasteiger partial charge is 0.407 e. The number of H-pyrrole nitrogens is 1. The number of likely N-dealkylation sites (tertiary alicyclic amines) is 1. The van der Waals surface area contributed by atoms with Crippen LogP contribution in [0, 0.1) is 11.3 Å². The number of aromatic nitrogens is 2. The highest BCUT2D eigenvalue weighted by Gasteiger charge is 2.31. The first-order valence-corrected chi connectivity index (χ1v) is 13.0. The van der Waals surface area contributed by atoms with Crippen molar-refractivity contribution in [2.45, 2.75) is 50.5 Å². The standard InChI is InChI=1S/C29H29N5O3/c30-16-18-1-3-19(4-2-18)20-9-12-33(13-10-20)28(35)22-7-8-23(21-5-6-21)24(15-22)27-31-25-11-14-34(29(36)37)17-26(25)32-27/h1-4,7-8,15,20-21H,5-6,9-14,17H2,(H,31,32)(H,36,37). The first kappa shape index (κ1) is 23.3. The molecule has 8 heteroatoms. The monoisotopic (exact) mass is 495 g/mol. The topological polar surface area (TPSA) is 113 Å². The minimum Gasteiger partial charge on any atom is -0.465 e. The summed E-state index contributed by atoms with van der Waals surface area (Å²) in [5.74, 6) is 1.65. The maximum Gasteiger partial charge on any atom is 0.407 e. The number of carbonyl (C=O) groups is 2. The average Bonchev–Trinajstić information content (AvgIpc) is 3.70. The molecule has 8 nitrogen and oxygen atoms in total. The SMILES string of the molecule is N#Cc1ccc(C2CCN(C(=O)c3ccc(C4CC4)c(-c4nc5c([nH]4)CN(C(=O)O)CC5)c3)CC2)cc1. The zero-order chi connectivity index (χ0) is 25.5. The van der Waals surface area contributed by atoms with Gasteiger partial charge in [0, 0.05) is 37.2 Å². The van der Waals surface area contributed by atoms with Gasteiger partial charge in [-0.15, -0.1) is 0 Å². The molecule has 1 saturated heterocycles. The lowest BCUT2D eigenvalue weighted by Gasteiger charge is -2.32. The second kappa shape index (κ2) is 9.40. The van der Waals surface area contributed by atoms with Gasteiger partial charge in [0.15, 0.2) is 0 Å². The number of fused-ring (bicyclic) bond motifs is 1. The normalized spacial score (nSPS) is 17.8. The van der Waals surface area contributed by atoms with E-state index in [1.54, 1.807) is 0 Å². The van der Waals surface area contributed by atoms with Crippen LogP contribution in [0.5, 0.6) is 0 Å². The zero-order valence-corrected chi connectivity index (χ0v) is 20.6. The Morgan fingerprint density at radius 3 is 2.41 bits per heavy atom. The van der Waals surface area contributed by atoms with Crippen LogP contribution >= 0.6 is 0 Å². The predicted octanol–water partition coefficient (Wildman–Crippen LogP) is 4.88. The third-order valence-corrected chi connectivity index (χ3v) is 7.97. The molecule has 0 spiro atoms. The van der Waals surface area contributed by atoms with Crippen LogP contribution in [0.1, 0.15) is 76.0 Å². The van der Waals surface area contributed by atoms with Gasteiger partial charge in [0.1, 0.15) is 5.82 Å². The summed E-state index contributed by atoms with van der Waals surface area (Å²) < 4.78 is 0. The zero-order valence-electron chi connectivity index (χ0n) is 20.6. The van der Waals surface area contributed by atoms with Crippen LogP contribution in [-0.2, 0) is 13.0 Å². The van der Waals surface area contributed by atoms with Gasteiger partial charge in [0.2, 0.25) is 0 Å². The predicted molar refractivity (Wildman–Crippen MR) is 137 cm³/mol. The highest BCUT2D eigenvalue weighted by Crippen LogP contribution is 2.44. The number of carboxylic acid groups (broad SMARTS) is 1. The minimum absolute atomic E-state index is 0.0373. The molecule has 37 heavy (non-hydrogen) atoms. The first-order chi connectivity index (χ1) is 18.0. The van der Waals surface area contributed by atoms with E-state index >= 15 is 0 Å². The fourth-order valence-corrected chi connectivity index (χ4v) is 5.66. The fraction of sp³-hybridized carbons (Fsp3) is 0.379. The molecule has 0 atom stereocenters. The van der Waals surface area contributed by atoms with Gasteiger partial charge in [0.25, 0.3) is 5.91 Å². The summed E-state index contributed by atoms with van der Waals surface area (Å²) in [6.45, 7) is 2.15. The summed E-state index contributed by atoms with van der Waals surface area (Å²) in [5, 5.41) is 18.4. The largest absolute Gasteiger partial charge is 0.465 e. The van der Waals surface area contributed by atoms with Crippen molar-refractivity contribution in [2.75, 3.05) is 19.6 Å². The molecule has 2 N–H and O–H groups in total. The van der Waals surface area contributed by atoms with Crippen LogP contribution in [0.15, 0.2) is 42.5 Å². The number of carbonyl (C=O) groups excluding carboxylic acids is 1. The molecule has 2 amide bonds.